The van der Waals surface area contributed by atoms with Gasteiger partial charge in [0.15, 0.2) is 5.84 Å². The molecular formula is C20H33N7O4. The molecule has 0 aromatic heterocycles. The van der Waals surface area contributed by atoms with Crippen molar-refractivity contribution in [3.05, 3.63) is 11.8 Å². The van der Waals surface area contributed by atoms with Gasteiger partial charge in [0.2, 0.25) is 5.91 Å². The maximum atomic E-state index is 12.9. The molecule has 3 aliphatic rings. The molecule has 0 bridgehead atoms. The monoisotopic (exact) mass is 435 g/mol. The third-order valence-electron chi connectivity index (χ3n) is 5.36. The summed E-state index contributed by atoms with van der Waals surface area (Å²) in [7, 11) is 0. The molecule has 172 valence electrons. The van der Waals surface area contributed by atoms with Crippen LogP contribution in [0.3, 0.4) is 0 Å². The van der Waals surface area contributed by atoms with E-state index in [1.165, 1.54) is 0 Å². The molecule has 11 heteroatoms. The summed E-state index contributed by atoms with van der Waals surface area (Å²) in [4.78, 5) is 33.3. The van der Waals surface area contributed by atoms with E-state index in [0.717, 1.165) is 11.4 Å². The van der Waals surface area contributed by atoms with Crippen LogP contribution in [0.2, 0.25) is 0 Å². The van der Waals surface area contributed by atoms with Crippen molar-refractivity contribution in [2.75, 3.05) is 39.3 Å². The minimum atomic E-state index is -0.533. The van der Waals surface area contributed by atoms with Gasteiger partial charge < -0.3 is 20.2 Å². The number of nitrogens with one attached hydrogen (secondary N) is 2. The molecule has 2 atom stereocenters. The molecule has 11 nitrogen and oxygen atoms in total. The van der Waals surface area contributed by atoms with Gasteiger partial charge in [-0.05, 0) is 40.7 Å². The van der Waals surface area contributed by atoms with E-state index in [2.05, 4.69) is 20.9 Å². The van der Waals surface area contributed by atoms with Gasteiger partial charge in [0.1, 0.15) is 11.8 Å². The number of amides is 2. The first kappa shape index (κ1) is 23.0. The average molecular weight is 436 g/mol. The highest BCUT2D eigenvalue weighted by molar-refractivity contribution is 6.00. The van der Waals surface area contributed by atoms with Crippen LogP contribution in [0, 0.1) is 5.92 Å². The van der Waals surface area contributed by atoms with Gasteiger partial charge in [-0.2, -0.15) is 0 Å². The van der Waals surface area contributed by atoms with E-state index in [4.69, 9.17) is 4.74 Å². The number of rotatable bonds is 3. The van der Waals surface area contributed by atoms with Crippen LogP contribution in [-0.2, 0) is 9.53 Å². The fourth-order valence-corrected chi connectivity index (χ4v) is 3.86. The fraction of sp³-hybridized carbons (Fsp3) is 0.700. The molecule has 31 heavy (non-hydrogen) atoms. The van der Waals surface area contributed by atoms with Gasteiger partial charge in [-0.15, -0.1) is 0 Å². The second-order valence-electron chi connectivity index (χ2n) is 9.09. The number of amidine groups is 1. The maximum absolute atomic E-state index is 12.9. The second-order valence-corrected chi connectivity index (χ2v) is 9.09. The largest absolute Gasteiger partial charge is 0.444 e. The summed E-state index contributed by atoms with van der Waals surface area (Å²) in [6.45, 7) is 12.3. The van der Waals surface area contributed by atoms with E-state index in [1.807, 2.05) is 50.6 Å². The first-order chi connectivity index (χ1) is 14.6. The number of nitrogens with zero attached hydrogens (tertiary/aromatic N) is 5. The Balaban J connectivity index is 1.50. The van der Waals surface area contributed by atoms with Crippen LogP contribution in [0.5, 0.6) is 0 Å². The number of hydrazine groups is 1. The van der Waals surface area contributed by atoms with Crippen molar-refractivity contribution in [1.82, 2.24) is 25.6 Å². The van der Waals surface area contributed by atoms with Crippen LogP contribution in [0.15, 0.2) is 21.9 Å². The first-order valence-corrected chi connectivity index (χ1v) is 10.5. The minimum absolute atomic E-state index is 0.179. The Hall–Kier alpha value is -2.66. The fourth-order valence-electron chi connectivity index (χ4n) is 3.86. The molecular weight excluding hydrogens is 402 g/mol. The number of ether oxygens (including phenoxy) is 1. The van der Waals surface area contributed by atoms with Crippen LogP contribution < -0.4 is 10.7 Å². The summed E-state index contributed by atoms with van der Waals surface area (Å²) in [5.74, 6) is -0.469. The molecule has 0 radical (unpaired) electrons. The van der Waals surface area contributed by atoms with Crippen molar-refractivity contribution < 1.29 is 19.5 Å². The molecule has 2 amide bonds. The van der Waals surface area contributed by atoms with E-state index < -0.39 is 11.5 Å². The Bertz CT molecular complexity index is 794. The Kier molecular flexibility index (Phi) is 6.85. The number of carbonyl (C=O) groups is 2. The first-order valence-electron chi connectivity index (χ1n) is 10.5. The topological polar surface area (TPSA) is 122 Å². The van der Waals surface area contributed by atoms with Gasteiger partial charge in [-0.25, -0.2) is 10.2 Å². The zero-order valence-corrected chi connectivity index (χ0v) is 18.9. The molecule has 0 aliphatic carbocycles. The molecule has 3 rings (SSSR count). The zero-order valence-electron chi connectivity index (χ0n) is 18.9. The number of carbonyl (C=O) groups excluding carboxylic acids is 2. The van der Waals surface area contributed by atoms with Crippen molar-refractivity contribution in [2.45, 2.75) is 46.4 Å². The summed E-state index contributed by atoms with van der Waals surface area (Å²) in [5, 5.41) is 17.4. The quantitative estimate of drug-likeness (QED) is 0.257. The van der Waals surface area contributed by atoms with Crippen molar-refractivity contribution >= 4 is 23.5 Å². The normalized spacial score (nSPS) is 25.0. The number of aliphatic imine (C=N–C) groups is 1. The highest BCUT2D eigenvalue weighted by Gasteiger charge is 2.40. The minimum Gasteiger partial charge on any atom is -0.444 e. The lowest BCUT2D eigenvalue weighted by molar-refractivity contribution is -0.123. The second kappa shape index (κ2) is 9.23. The van der Waals surface area contributed by atoms with Gasteiger partial charge in [0, 0.05) is 44.1 Å². The summed E-state index contributed by atoms with van der Waals surface area (Å²) >= 11 is 0. The molecule has 2 saturated heterocycles. The zero-order chi connectivity index (χ0) is 22.8. The van der Waals surface area contributed by atoms with E-state index in [-0.39, 0.29) is 30.5 Å². The number of hydrogen-bond donors (Lipinski definition) is 3. The van der Waals surface area contributed by atoms with E-state index >= 15 is 0 Å². The highest BCUT2D eigenvalue weighted by Crippen LogP contribution is 2.25. The van der Waals surface area contributed by atoms with Crippen molar-refractivity contribution in [3.8, 4) is 0 Å². The molecule has 3 heterocycles. The third-order valence-corrected chi connectivity index (χ3v) is 5.36. The summed E-state index contributed by atoms with van der Waals surface area (Å²) < 4.78 is 5.41. The van der Waals surface area contributed by atoms with Gasteiger partial charge in [0.05, 0.1) is 12.5 Å². The molecule has 2 unspecified atom stereocenters. The van der Waals surface area contributed by atoms with Crippen LogP contribution in [-0.4, -0.2) is 94.6 Å². The van der Waals surface area contributed by atoms with Crippen LogP contribution in [0.4, 0.5) is 4.79 Å². The van der Waals surface area contributed by atoms with Gasteiger partial charge >= 0.3 is 6.09 Å². The smallest absolute Gasteiger partial charge is 0.410 e. The molecule has 2 fully saturated rings. The molecule has 0 aromatic rings. The Morgan fingerprint density at radius 1 is 1.29 bits per heavy atom. The van der Waals surface area contributed by atoms with Crippen LogP contribution in [0.25, 0.3) is 0 Å². The van der Waals surface area contributed by atoms with Crippen molar-refractivity contribution in [3.63, 3.8) is 0 Å². The molecule has 0 saturated carbocycles. The number of hydrogen-bond acceptors (Lipinski definition) is 9. The van der Waals surface area contributed by atoms with Gasteiger partial charge in [0.25, 0.3) is 0 Å². The SMILES string of the molecule is CC1=CC(C)=NC2C(C(=O)NC(CN3CCN(C(=O)OC(C)(C)C)CC3)=NO)CNN12. The summed E-state index contributed by atoms with van der Waals surface area (Å²) in [5.41, 5.74) is 4.55. The molecule has 3 N–H and O–H groups in total. The van der Waals surface area contributed by atoms with E-state index in [1.54, 1.807) is 4.90 Å². The summed E-state index contributed by atoms with van der Waals surface area (Å²) in [6.07, 6.45) is 1.31. The predicted molar refractivity (Wildman–Crippen MR) is 116 cm³/mol. The lowest BCUT2D eigenvalue weighted by Gasteiger charge is -2.35. The van der Waals surface area contributed by atoms with Crippen LogP contribution >= 0.6 is 0 Å². The van der Waals surface area contributed by atoms with Gasteiger partial charge in [-0.3, -0.25) is 19.7 Å². The Labute approximate surface area is 182 Å². The predicted octanol–water partition coefficient (Wildman–Crippen LogP) is 0.584. The maximum Gasteiger partial charge on any atom is 0.410 e. The standard InChI is InChI=1S/C20H33N7O4/c1-13-10-14(2)27-17(22-13)15(11-21-27)18(28)23-16(24-30)12-25-6-8-26(9-7-25)19(29)31-20(3,4)5/h10,15,17,21,30H,6-9,11-12H2,1-5H3,(H,23,24,28). The third kappa shape index (κ3) is 5.73. The van der Waals surface area contributed by atoms with Crippen molar-refractivity contribution in [2.24, 2.45) is 16.1 Å². The lowest BCUT2D eigenvalue weighted by Crippen LogP contribution is -2.53. The van der Waals surface area contributed by atoms with Gasteiger partial charge in [-0.1, -0.05) is 5.16 Å². The number of piperazine rings is 1. The number of fused-ring (bicyclic) bond motifs is 1. The molecule has 0 aromatic carbocycles. The van der Waals surface area contributed by atoms with Crippen molar-refractivity contribution in [1.29, 1.82) is 0 Å². The lowest BCUT2D eigenvalue weighted by atomic mass is 10.1. The Morgan fingerprint density at radius 2 is 1.97 bits per heavy atom. The Morgan fingerprint density at radius 3 is 2.58 bits per heavy atom. The summed E-state index contributed by atoms with van der Waals surface area (Å²) in [6, 6.07) is 0. The van der Waals surface area contributed by atoms with Crippen LogP contribution in [0.1, 0.15) is 34.6 Å². The van der Waals surface area contributed by atoms with E-state index in [9.17, 15) is 14.8 Å². The van der Waals surface area contributed by atoms with E-state index in [0.29, 0.717) is 32.7 Å². The highest BCUT2D eigenvalue weighted by atomic mass is 16.6. The number of oxime groups is 1. The molecule has 3 aliphatic heterocycles. The average Bonchev–Trinajstić information content (AvgIpc) is 3.10. The number of allylic oxidation sites excluding steroid dienone is 2. The molecule has 0 spiro atoms.